The van der Waals surface area contributed by atoms with Crippen molar-refractivity contribution in [2.75, 3.05) is 33.3 Å². The van der Waals surface area contributed by atoms with Gasteiger partial charge in [-0.3, -0.25) is 14.6 Å². The molecule has 0 spiro atoms. The second-order valence-electron chi connectivity index (χ2n) is 6.99. The summed E-state index contributed by atoms with van der Waals surface area (Å²) < 4.78 is 10.3. The number of aromatic nitrogens is 1. The summed E-state index contributed by atoms with van der Waals surface area (Å²) in [5.74, 6) is 1.69. The molecule has 146 valence electrons. The lowest BCUT2D eigenvalue weighted by molar-refractivity contribution is -0.126. The van der Waals surface area contributed by atoms with Crippen molar-refractivity contribution in [3.8, 4) is 5.75 Å². The van der Waals surface area contributed by atoms with Gasteiger partial charge in [0.05, 0.1) is 18.8 Å². The number of benzene rings is 1. The lowest BCUT2D eigenvalue weighted by atomic mass is 10.2. The minimum absolute atomic E-state index is 0.0541. The van der Waals surface area contributed by atoms with Crippen LogP contribution in [0, 0.1) is 6.92 Å². The van der Waals surface area contributed by atoms with E-state index in [9.17, 15) is 4.79 Å². The summed E-state index contributed by atoms with van der Waals surface area (Å²) in [6, 6.07) is 9.58. The molecule has 0 saturated carbocycles. The van der Waals surface area contributed by atoms with Crippen LogP contribution in [0.1, 0.15) is 23.9 Å². The number of ether oxygens (including phenoxy) is 1. The molecule has 1 atom stereocenters. The van der Waals surface area contributed by atoms with Crippen molar-refractivity contribution in [3.63, 3.8) is 0 Å². The summed E-state index contributed by atoms with van der Waals surface area (Å²) in [4.78, 5) is 17.1. The van der Waals surface area contributed by atoms with Crippen molar-refractivity contribution in [2.24, 2.45) is 0 Å². The number of carbonyl (C=O) groups is 1. The molecule has 1 amide bonds. The van der Waals surface area contributed by atoms with E-state index in [1.165, 1.54) is 0 Å². The molecule has 0 bridgehead atoms. The van der Waals surface area contributed by atoms with Gasteiger partial charge >= 0.3 is 0 Å². The van der Waals surface area contributed by atoms with Crippen LogP contribution in [0.25, 0.3) is 0 Å². The number of piperazine rings is 1. The first-order valence-electron chi connectivity index (χ1n) is 9.34. The Hall–Kier alpha value is -2.38. The topological polar surface area (TPSA) is 70.8 Å². The fourth-order valence-corrected chi connectivity index (χ4v) is 3.32. The zero-order chi connectivity index (χ0) is 19.2. The number of aryl methyl sites for hydroxylation is 1. The summed E-state index contributed by atoms with van der Waals surface area (Å²) >= 11 is 0. The molecule has 1 aliphatic heterocycles. The van der Waals surface area contributed by atoms with Gasteiger partial charge in [-0.2, -0.15) is 0 Å². The molecule has 1 unspecified atom stereocenters. The van der Waals surface area contributed by atoms with Crippen LogP contribution < -0.4 is 10.1 Å². The van der Waals surface area contributed by atoms with E-state index in [1.807, 2.05) is 44.2 Å². The minimum atomic E-state index is -0.146. The van der Waals surface area contributed by atoms with Crippen LogP contribution in [0.5, 0.6) is 5.75 Å². The van der Waals surface area contributed by atoms with Crippen LogP contribution in [0.4, 0.5) is 0 Å². The monoisotopic (exact) mass is 372 g/mol. The zero-order valence-electron chi connectivity index (χ0n) is 16.3. The average Bonchev–Trinajstić information content (AvgIpc) is 3.11. The summed E-state index contributed by atoms with van der Waals surface area (Å²) in [6.45, 7) is 8.74. The zero-order valence-corrected chi connectivity index (χ0v) is 16.3. The van der Waals surface area contributed by atoms with Crippen molar-refractivity contribution < 1.29 is 14.1 Å². The van der Waals surface area contributed by atoms with Crippen LogP contribution in [0.15, 0.2) is 34.9 Å². The summed E-state index contributed by atoms with van der Waals surface area (Å²) in [6.07, 6.45) is 0. The van der Waals surface area contributed by atoms with Crippen LogP contribution in [-0.2, 0) is 17.9 Å². The van der Waals surface area contributed by atoms with E-state index in [1.54, 1.807) is 7.11 Å². The molecule has 0 aliphatic carbocycles. The third kappa shape index (κ3) is 5.30. The van der Waals surface area contributed by atoms with Crippen LogP contribution in [-0.4, -0.2) is 60.2 Å². The maximum Gasteiger partial charge on any atom is 0.237 e. The van der Waals surface area contributed by atoms with Crippen molar-refractivity contribution in [3.05, 3.63) is 47.3 Å². The third-order valence-corrected chi connectivity index (χ3v) is 5.00. The first-order chi connectivity index (χ1) is 13.0. The lowest BCUT2D eigenvalue weighted by Gasteiger charge is -2.37. The van der Waals surface area contributed by atoms with Crippen molar-refractivity contribution in [1.82, 2.24) is 20.3 Å². The standard InChI is InChI=1S/C20H28N4O3/c1-15-11-18(22-27-15)14-23-7-9-24(10-8-23)16(2)20(25)21-13-17-5-4-6-19(12-17)26-3/h4-6,11-12,16H,7-10,13-14H2,1-3H3,(H,21,25). The second kappa shape index (κ2) is 9.01. The average molecular weight is 372 g/mol. The van der Waals surface area contributed by atoms with Gasteiger partial charge < -0.3 is 14.6 Å². The van der Waals surface area contributed by atoms with E-state index in [2.05, 4.69) is 20.3 Å². The molecular weight excluding hydrogens is 344 g/mol. The number of hydrogen-bond donors (Lipinski definition) is 1. The Morgan fingerprint density at radius 2 is 2.07 bits per heavy atom. The normalized spacial score (nSPS) is 16.9. The highest BCUT2D eigenvalue weighted by Crippen LogP contribution is 2.13. The minimum Gasteiger partial charge on any atom is -0.497 e. The van der Waals surface area contributed by atoms with E-state index in [0.29, 0.717) is 6.54 Å². The molecule has 7 heteroatoms. The number of nitrogens with zero attached hydrogens (tertiary/aromatic N) is 3. The highest BCUT2D eigenvalue weighted by atomic mass is 16.5. The molecule has 3 rings (SSSR count). The number of amides is 1. The Morgan fingerprint density at radius 1 is 1.30 bits per heavy atom. The number of nitrogens with one attached hydrogen (secondary N) is 1. The van der Waals surface area contributed by atoms with Crippen molar-refractivity contribution >= 4 is 5.91 Å². The predicted octanol–water partition coefficient (Wildman–Crippen LogP) is 1.81. The lowest BCUT2D eigenvalue weighted by Crippen LogP contribution is -2.53. The molecule has 1 N–H and O–H groups in total. The molecule has 1 aromatic heterocycles. The van der Waals surface area contributed by atoms with Gasteiger partial charge in [-0.05, 0) is 31.5 Å². The molecule has 2 heterocycles. The van der Waals surface area contributed by atoms with Gasteiger partial charge in [-0.15, -0.1) is 0 Å². The summed E-state index contributed by atoms with van der Waals surface area (Å²) in [7, 11) is 1.64. The number of rotatable bonds is 7. The number of carbonyl (C=O) groups excluding carboxylic acids is 1. The predicted molar refractivity (Wildman–Crippen MR) is 102 cm³/mol. The van der Waals surface area contributed by atoms with Crippen molar-refractivity contribution in [2.45, 2.75) is 33.0 Å². The molecule has 1 aromatic carbocycles. The number of hydrogen-bond acceptors (Lipinski definition) is 6. The van der Waals surface area contributed by atoms with Crippen molar-refractivity contribution in [1.29, 1.82) is 0 Å². The Morgan fingerprint density at radius 3 is 2.74 bits per heavy atom. The molecule has 0 radical (unpaired) electrons. The van der Waals surface area contributed by atoms with E-state index >= 15 is 0 Å². The Balaban J connectivity index is 1.43. The van der Waals surface area contributed by atoms with Crippen LogP contribution in [0.3, 0.4) is 0 Å². The molecule has 2 aromatic rings. The number of methoxy groups -OCH3 is 1. The molecule has 1 saturated heterocycles. The van der Waals surface area contributed by atoms with E-state index < -0.39 is 0 Å². The second-order valence-corrected chi connectivity index (χ2v) is 6.99. The van der Waals surface area contributed by atoms with Gasteiger partial charge in [-0.1, -0.05) is 17.3 Å². The maximum absolute atomic E-state index is 12.5. The quantitative estimate of drug-likeness (QED) is 0.799. The smallest absolute Gasteiger partial charge is 0.237 e. The SMILES string of the molecule is COc1cccc(CNC(=O)C(C)N2CCN(Cc3cc(C)on3)CC2)c1. The first-order valence-corrected chi connectivity index (χ1v) is 9.34. The fraction of sp³-hybridized carbons (Fsp3) is 0.500. The van der Waals surface area contributed by atoms with E-state index in [0.717, 1.165) is 55.5 Å². The van der Waals surface area contributed by atoms with Gasteiger partial charge in [0.1, 0.15) is 11.5 Å². The Kier molecular flexibility index (Phi) is 6.47. The van der Waals surface area contributed by atoms with Crippen LogP contribution >= 0.6 is 0 Å². The summed E-state index contributed by atoms with van der Waals surface area (Å²) in [5.41, 5.74) is 1.99. The Bertz CT molecular complexity index is 753. The van der Waals surface area contributed by atoms with Gasteiger partial charge in [0.2, 0.25) is 5.91 Å². The highest BCUT2D eigenvalue weighted by Gasteiger charge is 2.25. The van der Waals surface area contributed by atoms with Gasteiger partial charge in [0, 0.05) is 45.3 Å². The Labute approximate surface area is 160 Å². The fourth-order valence-electron chi connectivity index (χ4n) is 3.32. The van der Waals surface area contributed by atoms with E-state index in [4.69, 9.17) is 9.26 Å². The van der Waals surface area contributed by atoms with Crippen LogP contribution in [0.2, 0.25) is 0 Å². The summed E-state index contributed by atoms with van der Waals surface area (Å²) in [5, 5.41) is 7.08. The van der Waals surface area contributed by atoms with E-state index in [-0.39, 0.29) is 11.9 Å². The van der Waals surface area contributed by atoms with Gasteiger partial charge in [0.15, 0.2) is 0 Å². The van der Waals surface area contributed by atoms with Gasteiger partial charge in [0.25, 0.3) is 0 Å². The molecule has 7 nitrogen and oxygen atoms in total. The molecular formula is C20H28N4O3. The largest absolute Gasteiger partial charge is 0.497 e. The first kappa shape index (κ1) is 19.4. The van der Waals surface area contributed by atoms with Gasteiger partial charge in [-0.25, -0.2) is 0 Å². The highest BCUT2D eigenvalue weighted by molar-refractivity contribution is 5.81. The molecule has 1 fully saturated rings. The molecule has 1 aliphatic rings. The molecule has 27 heavy (non-hydrogen) atoms. The third-order valence-electron chi connectivity index (χ3n) is 5.00. The maximum atomic E-state index is 12.5.